The third-order valence-electron chi connectivity index (χ3n) is 5.61. The summed E-state index contributed by atoms with van der Waals surface area (Å²) >= 11 is 1.68. The molecule has 2 heterocycles. The lowest BCUT2D eigenvalue weighted by Crippen LogP contribution is -2.33. The number of rotatable bonds is 6. The number of likely N-dealkylation sites (tertiary alicyclic amines) is 1. The van der Waals surface area contributed by atoms with E-state index in [-0.39, 0.29) is 17.1 Å². The molecule has 6 heteroatoms. The van der Waals surface area contributed by atoms with Crippen LogP contribution in [-0.2, 0) is 0 Å². The van der Waals surface area contributed by atoms with Crippen molar-refractivity contribution in [1.29, 1.82) is 0 Å². The van der Waals surface area contributed by atoms with Gasteiger partial charge >= 0.3 is 0 Å². The molecule has 1 fully saturated rings. The number of piperidine rings is 1. The normalized spacial score (nSPS) is 17.2. The van der Waals surface area contributed by atoms with Gasteiger partial charge in [-0.2, -0.15) is 0 Å². The van der Waals surface area contributed by atoms with Gasteiger partial charge in [-0.1, -0.05) is 48.5 Å². The molecule has 0 saturated carbocycles. The van der Waals surface area contributed by atoms with Gasteiger partial charge in [0.25, 0.3) is 0 Å². The Bertz CT molecular complexity index is 920. The van der Waals surface area contributed by atoms with Crippen molar-refractivity contribution in [3.8, 4) is 5.69 Å². The number of halogens is 1. The van der Waals surface area contributed by atoms with Gasteiger partial charge in [0.05, 0.1) is 6.04 Å². The fourth-order valence-electron chi connectivity index (χ4n) is 3.88. The summed E-state index contributed by atoms with van der Waals surface area (Å²) in [7, 11) is 0. The lowest BCUT2D eigenvalue weighted by atomic mass is 10.1. The minimum absolute atomic E-state index is 0.161. The van der Waals surface area contributed by atoms with E-state index in [2.05, 4.69) is 57.8 Å². The van der Waals surface area contributed by atoms with E-state index >= 15 is 0 Å². The maximum absolute atomic E-state index is 13.6. The molecule has 2 atom stereocenters. The SMILES string of the molecule is C[C@H](c1nnc(S[C@H](C)c2ccccc2)n1-c1ccc(F)cc1)N1CCCCC1. The van der Waals surface area contributed by atoms with Crippen molar-refractivity contribution in [3.05, 3.63) is 71.8 Å². The van der Waals surface area contributed by atoms with Crippen LogP contribution in [0, 0.1) is 5.82 Å². The van der Waals surface area contributed by atoms with Gasteiger partial charge in [0.1, 0.15) is 5.82 Å². The summed E-state index contributed by atoms with van der Waals surface area (Å²) in [6.07, 6.45) is 3.74. The van der Waals surface area contributed by atoms with Crippen LogP contribution in [-0.4, -0.2) is 32.8 Å². The molecule has 1 aliphatic heterocycles. The molecule has 2 aromatic carbocycles. The zero-order valence-corrected chi connectivity index (χ0v) is 17.8. The largest absolute Gasteiger partial charge is 0.294 e. The average molecular weight is 411 g/mol. The number of nitrogens with zero attached hydrogens (tertiary/aromatic N) is 4. The predicted octanol–water partition coefficient (Wildman–Crippen LogP) is 5.81. The minimum atomic E-state index is -0.237. The van der Waals surface area contributed by atoms with Crippen molar-refractivity contribution in [2.45, 2.75) is 49.6 Å². The first-order valence-electron chi connectivity index (χ1n) is 10.3. The van der Waals surface area contributed by atoms with Gasteiger partial charge in [-0.15, -0.1) is 10.2 Å². The van der Waals surface area contributed by atoms with Gasteiger partial charge in [-0.05, 0) is 69.6 Å². The lowest BCUT2D eigenvalue weighted by molar-refractivity contribution is 0.167. The molecule has 4 rings (SSSR count). The summed E-state index contributed by atoms with van der Waals surface area (Å²) in [4.78, 5) is 2.47. The van der Waals surface area contributed by atoms with Crippen molar-refractivity contribution in [3.63, 3.8) is 0 Å². The fraction of sp³-hybridized carbons (Fsp3) is 0.391. The van der Waals surface area contributed by atoms with Crippen molar-refractivity contribution >= 4 is 11.8 Å². The van der Waals surface area contributed by atoms with E-state index in [0.29, 0.717) is 0 Å². The van der Waals surface area contributed by atoms with Crippen LogP contribution in [0.2, 0.25) is 0 Å². The predicted molar refractivity (Wildman–Crippen MR) is 116 cm³/mol. The van der Waals surface area contributed by atoms with Crippen LogP contribution in [0.4, 0.5) is 4.39 Å². The Balaban J connectivity index is 1.69. The Morgan fingerprint density at radius 3 is 2.28 bits per heavy atom. The molecule has 1 aromatic heterocycles. The second-order valence-corrected chi connectivity index (χ2v) is 8.90. The number of hydrogen-bond acceptors (Lipinski definition) is 4. The van der Waals surface area contributed by atoms with Crippen molar-refractivity contribution in [1.82, 2.24) is 19.7 Å². The Kier molecular flexibility index (Phi) is 6.31. The molecular weight excluding hydrogens is 383 g/mol. The first-order valence-corrected chi connectivity index (χ1v) is 11.2. The van der Waals surface area contributed by atoms with Crippen molar-refractivity contribution in [2.24, 2.45) is 0 Å². The molecule has 29 heavy (non-hydrogen) atoms. The van der Waals surface area contributed by atoms with Crippen LogP contribution in [0.5, 0.6) is 0 Å². The zero-order valence-electron chi connectivity index (χ0n) is 17.0. The first kappa shape index (κ1) is 20.1. The monoisotopic (exact) mass is 410 g/mol. The summed E-state index contributed by atoms with van der Waals surface area (Å²) in [6, 6.07) is 17.2. The number of hydrogen-bond donors (Lipinski definition) is 0. The van der Waals surface area contributed by atoms with E-state index in [0.717, 1.165) is 29.8 Å². The zero-order chi connectivity index (χ0) is 20.2. The van der Waals surface area contributed by atoms with E-state index in [9.17, 15) is 4.39 Å². The third-order valence-corrected chi connectivity index (χ3v) is 6.71. The Hall–Kier alpha value is -2.18. The topological polar surface area (TPSA) is 34.0 Å². The summed E-state index contributed by atoms with van der Waals surface area (Å²) < 4.78 is 15.7. The molecule has 0 unspecified atom stereocenters. The summed E-state index contributed by atoms with van der Waals surface area (Å²) in [5, 5.41) is 10.2. The molecule has 0 aliphatic carbocycles. The van der Waals surface area contributed by atoms with Gasteiger partial charge in [-0.3, -0.25) is 9.47 Å². The van der Waals surface area contributed by atoms with Crippen molar-refractivity contribution in [2.75, 3.05) is 13.1 Å². The van der Waals surface area contributed by atoms with Gasteiger partial charge in [0.15, 0.2) is 11.0 Å². The molecule has 0 radical (unpaired) electrons. The Labute approximate surface area is 176 Å². The highest BCUT2D eigenvalue weighted by Gasteiger charge is 2.26. The molecule has 1 saturated heterocycles. The summed E-state index contributed by atoms with van der Waals surface area (Å²) in [5.74, 6) is 0.681. The van der Waals surface area contributed by atoms with E-state index in [1.54, 1.807) is 11.8 Å². The molecule has 1 aliphatic rings. The van der Waals surface area contributed by atoms with E-state index < -0.39 is 0 Å². The van der Waals surface area contributed by atoms with E-state index in [1.165, 1.54) is 37.0 Å². The van der Waals surface area contributed by atoms with Gasteiger partial charge < -0.3 is 0 Å². The summed E-state index contributed by atoms with van der Waals surface area (Å²) in [5.41, 5.74) is 2.15. The van der Waals surface area contributed by atoms with Gasteiger partial charge in [-0.25, -0.2) is 4.39 Å². The van der Waals surface area contributed by atoms with Crippen LogP contribution >= 0.6 is 11.8 Å². The van der Waals surface area contributed by atoms with Crippen LogP contribution in [0.1, 0.15) is 55.8 Å². The molecule has 0 spiro atoms. The highest BCUT2D eigenvalue weighted by atomic mass is 32.2. The molecule has 152 valence electrons. The lowest BCUT2D eigenvalue weighted by Gasteiger charge is -2.32. The highest BCUT2D eigenvalue weighted by Crippen LogP contribution is 2.36. The molecule has 0 bridgehead atoms. The highest BCUT2D eigenvalue weighted by molar-refractivity contribution is 7.99. The molecule has 3 aromatic rings. The average Bonchev–Trinajstić information content (AvgIpc) is 3.18. The number of thioether (sulfide) groups is 1. The molecule has 0 amide bonds. The summed E-state index contributed by atoms with van der Waals surface area (Å²) in [6.45, 7) is 6.54. The molecular formula is C23H27FN4S. The van der Waals surface area contributed by atoms with Gasteiger partial charge in [0.2, 0.25) is 0 Å². The fourth-order valence-corrected chi connectivity index (χ4v) is 4.88. The second kappa shape index (κ2) is 9.09. The van der Waals surface area contributed by atoms with Crippen molar-refractivity contribution < 1.29 is 4.39 Å². The van der Waals surface area contributed by atoms with Crippen LogP contribution in [0.25, 0.3) is 5.69 Å². The van der Waals surface area contributed by atoms with E-state index in [4.69, 9.17) is 0 Å². The maximum atomic E-state index is 13.6. The quantitative estimate of drug-likeness (QED) is 0.481. The number of benzene rings is 2. The van der Waals surface area contributed by atoms with Crippen LogP contribution in [0.15, 0.2) is 59.8 Å². The first-order chi connectivity index (χ1) is 14.1. The van der Waals surface area contributed by atoms with E-state index in [1.807, 2.05) is 18.2 Å². The Morgan fingerprint density at radius 1 is 0.897 bits per heavy atom. The Morgan fingerprint density at radius 2 is 1.59 bits per heavy atom. The number of aromatic nitrogens is 3. The maximum Gasteiger partial charge on any atom is 0.196 e. The molecule has 4 nitrogen and oxygen atoms in total. The third kappa shape index (κ3) is 4.54. The smallest absolute Gasteiger partial charge is 0.196 e. The molecule has 0 N–H and O–H groups in total. The minimum Gasteiger partial charge on any atom is -0.294 e. The standard InChI is InChI=1S/C23H27FN4S/c1-17(27-15-7-4-8-16-27)22-25-26-23(28(22)21-13-11-20(24)12-14-21)29-18(2)19-9-5-3-6-10-19/h3,5-6,9-14,17-18H,4,7-8,15-16H2,1-2H3/t17-,18-/m1/s1. The second-order valence-electron chi connectivity index (χ2n) is 7.60. The van der Waals surface area contributed by atoms with Crippen LogP contribution < -0.4 is 0 Å². The van der Waals surface area contributed by atoms with Crippen LogP contribution in [0.3, 0.4) is 0 Å². The van der Waals surface area contributed by atoms with Gasteiger partial charge in [0, 0.05) is 10.9 Å².